The number of hydrogen-bond acceptors (Lipinski definition) is 4. The molecule has 1 aromatic heterocycles. The monoisotopic (exact) mass is 256 g/mol. The van der Waals surface area contributed by atoms with Gasteiger partial charge in [0.25, 0.3) is 0 Å². The Hall–Kier alpha value is -2.10. The summed E-state index contributed by atoms with van der Waals surface area (Å²) in [6.07, 6.45) is 3.98. The minimum atomic E-state index is -0.316. The summed E-state index contributed by atoms with van der Waals surface area (Å²) >= 11 is 0. The van der Waals surface area contributed by atoms with Gasteiger partial charge in [0, 0.05) is 23.0 Å². The molecule has 1 aliphatic carbocycles. The molecule has 4 nitrogen and oxygen atoms in total. The van der Waals surface area contributed by atoms with E-state index in [-0.39, 0.29) is 5.97 Å². The van der Waals surface area contributed by atoms with Gasteiger partial charge < -0.3 is 10.1 Å². The van der Waals surface area contributed by atoms with Crippen molar-refractivity contribution in [2.45, 2.75) is 25.8 Å². The van der Waals surface area contributed by atoms with E-state index < -0.39 is 0 Å². The number of carbonyl (C=O) groups is 1. The van der Waals surface area contributed by atoms with Crippen molar-refractivity contribution in [1.29, 1.82) is 0 Å². The molecule has 3 rings (SSSR count). The highest BCUT2D eigenvalue weighted by Gasteiger charge is 2.23. The van der Waals surface area contributed by atoms with Crippen LogP contribution in [0.1, 0.15) is 30.1 Å². The summed E-state index contributed by atoms with van der Waals surface area (Å²) in [7, 11) is 0. The number of pyridine rings is 1. The van der Waals surface area contributed by atoms with Crippen molar-refractivity contribution in [3.05, 3.63) is 36.0 Å². The minimum Gasteiger partial charge on any atom is -0.462 e. The summed E-state index contributed by atoms with van der Waals surface area (Å²) in [5, 5.41) is 5.25. The van der Waals surface area contributed by atoms with E-state index in [9.17, 15) is 4.79 Å². The molecule has 19 heavy (non-hydrogen) atoms. The number of ether oxygens (including phenoxy) is 1. The highest BCUT2D eigenvalue weighted by Crippen LogP contribution is 2.29. The largest absolute Gasteiger partial charge is 0.462 e. The molecule has 1 saturated carbocycles. The van der Waals surface area contributed by atoms with Crippen molar-refractivity contribution in [3.63, 3.8) is 0 Å². The van der Waals surface area contributed by atoms with E-state index in [1.807, 2.05) is 24.3 Å². The minimum absolute atomic E-state index is 0.316. The Kier molecular flexibility index (Phi) is 3.07. The average Bonchev–Trinajstić information content (AvgIpc) is 3.23. The summed E-state index contributed by atoms with van der Waals surface area (Å²) in [4.78, 5) is 16.3. The van der Waals surface area contributed by atoms with Gasteiger partial charge in [-0.15, -0.1) is 0 Å². The SMILES string of the molecule is CCOC(=O)c1cnc(NC2CC2)c2ccccc12. The number of nitrogens with zero attached hydrogens (tertiary/aromatic N) is 1. The standard InChI is InChI=1S/C15H16N2O2/c1-2-19-15(18)13-9-16-14(17-10-7-8-10)12-6-4-3-5-11(12)13/h3-6,9-10H,2,7-8H2,1H3,(H,16,17). The molecule has 0 unspecified atom stereocenters. The van der Waals surface area contributed by atoms with Gasteiger partial charge in [-0.3, -0.25) is 0 Å². The molecular weight excluding hydrogens is 240 g/mol. The molecule has 1 fully saturated rings. The topological polar surface area (TPSA) is 51.2 Å². The smallest absolute Gasteiger partial charge is 0.340 e. The third-order valence-electron chi connectivity index (χ3n) is 3.21. The molecule has 98 valence electrons. The van der Waals surface area contributed by atoms with E-state index in [0.717, 1.165) is 16.6 Å². The lowest BCUT2D eigenvalue weighted by atomic mass is 10.1. The average molecular weight is 256 g/mol. The molecule has 0 saturated heterocycles. The first kappa shape index (κ1) is 12.0. The van der Waals surface area contributed by atoms with Gasteiger partial charge in [0.05, 0.1) is 12.2 Å². The van der Waals surface area contributed by atoms with Crippen LogP contribution in [0.25, 0.3) is 10.8 Å². The zero-order valence-corrected chi connectivity index (χ0v) is 10.8. The second kappa shape index (κ2) is 4.88. The lowest BCUT2D eigenvalue weighted by Crippen LogP contribution is -2.09. The molecule has 4 heteroatoms. The van der Waals surface area contributed by atoms with Gasteiger partial charge in [0.2, 0.25) is 0 Å². The Morgan fingerprint density at radius 2 is 2.11 bits per heavy atom. The maximum absolute atomic E-state index is 11.9. The summed E-state index contributed by atoms with van der Waals surface area (Å²) in [6, 6.07) is 8.32. The maximum Gasteiger partial charge on any atom is 0.340 e. The second-order valence-electron chi connectivity index (χ2n) is 4.71. The van der Waals surface area contributed by atoms with Crippen molar-refractivity contribution in [2.24, 2.45) is 0 Å². The zero-order valence-electron chi connectivity index (χ0n) is 10.8. The Labute approximate surface area is 111 Å². The number of carbonyl (C=O) groups excluding carboxylic acids is 1. The van der Waals surface area contributed by atoms with E-state index >= 15 is 0 Å². The van der Waals surface area contributed by atoms with E-state index in [1.165, 1.54) is 12.8 Å². The van der Waals surface area contributed by atoms with Crippen LogP contribution in [-0.2, 0) is 4.74 Å². The Morgan fingerprint density at radius 3 is 2.79 bits per heavy atom. The molecule has 2 aromatic rings. The first-order valence-corrected chi connectivity index (χ1v) is 6.61. The molecule has 0 atom stereocenters. The number of anilines is 1. The fourth-order valence-electron chi connectivity index (χ4n) is 2.10. The second-order valence-corrected chi connectivity index (χ2v) is 4.71. The van der Waals surface area contributed by atoms with Gasteiger partial charge in [-0.05, 0) is 19.8 Å². The van der Waals surface area contributed by atoms with E-state index in [2.05, 4.69) is 10.3 Å². The highest BCUT2D eigenvalue weighted by molar-refractivity contribution is 6.07. The normalized spacial score (nSPS) is 14.4. The van der Waals surface area contributed by atoms with Crippen LogP contribution in [0.15, 0.2) is 30.5 Å². The predicted molar refractivity (Wildman–Crippen MR) is 74.3 cm³/mol. The molecule has 1 aliphatic rings. The summed E-state index contributed by atoms with van der Waals surface area (Å²) < 4.78 is 5.07. The van der Waals surface area contributed by atoms with Crippen LogP contribution >= 0.6 is 0 Å². The third-order valence-corrected chi connectivity index (χ3v) is 3.21. The van der Waals surface area contributed by atoms with Crippen LogP contribution in [-0.4, -0.2) is 23.6 Å². The van der Waals surface area contributed by atoms with Crippen molar-refractivity contribution in [1.82, 2.24) is 4.98 Å². The molecular formula is C15H16N2O2. The van der Waals surface area contributed by atoms with E-state index in [1.54, 1.807) is 13.1 Å². The zero-order chi connectivity index (χ0) is 13.2. The number of esters is 1. The van der Waals surface area contributed by atoms with Crippen LogP contribution < -0.4 is 5.32 Å². The fourth-order valence-corrected chi connectivity index (χ4v) is 2.10. The van der Waals surface area contributed by atoms with E-state index in [0.29, 0.717) is 18.2 Å². The number of benzene rings is 1. The van der Waals surface area contributed by atoms with Gasteiger partial charge >= 0.3 is 5.97 Å². The summed E-state index contributed by atoms with van der Waals surface area (Å²) in [6.45, 7) is 2.17. The quantitative estimate of drug-likeness (QED) is 0.854. The highest BCUT2D eigenvalue weighted by atomic mass is 16.5. The van der Waals surface area contributed by atoms with Gasteiger partial charge in [-0.2, -0.15) is 0 Å². The number of rotatable bonds is 4. The first-order chi connectivity index (χ1) is 9.29. The first-order valence-electron chi connectivity index (χ1n) is 6.61. The van der Waals surface area contributed by atoms with Crippen LogP contribution in [0.3, 0.4) is 0 Å². The number of nitrogens with one attached hydrogen (secondary N) is 1. The molecule has 0 amide bonds. The predicted octanol–water partition coefficient (Wildman–Crippen LogP) is 2.99. The molecule has 1 N–H and O–H groups in total. The Bertz CT molecular complexity index is 621. The summed E-state index contributed by atoms with van der Waals surface area (Å²) in [5.74, 6) is 0.537. The number of hydrogen-bond donors (Lipinski definition) is 1. The van der Waals surface area contributed by atoms with Crippen LogP contribution in [0.4, 0.5) is 5.82 Å². The van der Waals surface area contributed by atoms with Crippen molar-refractivity contribution in [3.8, 4) is 0 Å². The van der Waals surface area contributed by atoms with Gasteiger partial charge in [-0.25, -0.2) is 9.78 Å². The molecule has 0 bridgehead atoms. The van der Waals surface area contributed by atoms with Gasteiger partial charge in [0.15, 0.2) is 0 Å². The third kappa shape index (κ3) is 2.38. The van der Waals surface area contributed by atoms with Gasteiger partial charge in [-0.1, -0.05) is 24.3 Å². The van der Waals surface area contributed by atoms with Crippen LogP contribution in [0, 0.1) is 0 Å². The fraction of sp³-hybridized carbons (Fsp3) is 0.333. The summed E-state index contributed by atoms with van der Waals surface area (Å²) in [5.41, 5.74) is 0.527. The maximum atomic E-state index is 11.9. The van der Waals surface area contributed by atoms with Crippen LogP contribution in [0.2, 0.25) is 0 Å². The van der Waals surface area contributed by atoms with Crippen molar-refractivity contribution < 1.29 is 9.53 Å². The molecule has 0 aliphatic heterocycles. The van der Waals surface area contributed by atoms with E-state index in [4.69, 9.17) is 4.74 Å². The Balaban J connectivity index is 2.07. The molecule has 0 radical (unpaired) electrons. The Morgan fingerprint density at radius 1 is 1.37 bits per heavy atom. The molecule has 0 spiro atoms. The lowest BCUT2D eigenvalue weighted by molar-refractivity contribution is 0.0528. The number of aromatic nitrogens is 1. The van der Waals surface area contributed by atoms with Gasteiger partial charge in [0.1, 0.15) is 5.82 Å². The van der Waals surface area contributed by atoms with Crippen molar-refractivity contribution in [2.75, 3.05) is 11.9 Å². The number of fused-ring (bicyclic) bond motifs is 1. The van der Waals surface area contributed by atoms with Crippen LogP contribution in [0.5, 0.6) is 0 Å². The molecule has 1 heterocycles. The van der Waals surface area contributed by atoms with Crippen molar-refractivity contribution >= 4 is 22.6 Å². The lowest BCUT2D eigenvalue weighted by Gasteiger charge is -2.10. The molecule has 1 aromatic carbocycles.